The maximum atomic E-state index is 12.4. The molecule has 2 N–H and O–H groups in total. The fourth-order valence-corrected chi connectivity index (χ4v) is 2.65. The molecule has 2 heterocycles. The molecule has 0 saturated heterocycles. The number of fused-ring (bicyclic) bond motifs is 1. The van der Waals surface area contributed by atoms with Gasteiger partial charge < -0.3 is 10.4 Å². The molecule has 1 aromatic carbocycles. The highest BCUT2D eigenvalue weighted by atomic mass is 16.4. The lowest BCUT2D eigenvalue weighted by atomic mass is 10.1. The third-order valence-corrected chi connectivity index (χ3v) is 4.32. The molecule has 1 amide bonds. The number of aromatic nitrogens is 4. The van der Waals surface area contributed by atoms with Gasteiger partial charge in [-0.3, -0.25) is 18.6 Å². The summed E-state index contributed by atoms with van der Waals surface area (Å²) >= 11 is 0. The van der Waals surface area contributed by atoms with Gasteiger partial charge in [0, 0.05) is 13.2 Å². The number of amides is 1. The van der Waals surface area contributed by atoms with Crippen LogP contribution in [-0.4, -0.2) is 35.9 Å². The van der Waals surface area contributed by atoms with Crippen LogP contribution in [0.1, 0.15) is 13.8 Å². The van der Waals surface area contributed by atoms with Gasteiger partial charge in [0.2, 0.25) is 5.91 Å². The lowest BCUT2D eigenvalue weighted by Gasteiger charge is -2.19. The predicted octanol–water partition coefficient (Wildman–Crippen LogP) is 0.995. The Kier molecular flexibility index (Phi) is 4.15. The van der Waals surface area contributed by atoms with E-state index in [1.807, 2.05) is 12.1 Å². The van der Waals surface area contributed by atoms with Crippen LogP contribution >= 0.6 is 0 Å². The van der Waals surface area contributed by atoms with Gasteiger partial charge in [0.1, 0.15) is 6.54 Å². The van der Waals surface area contributed by atoms with Crippen molar-refractivity contribution >= 4 is 28.6 Å². The first-order valence-electron chi connectivity index (χ1n) is 7.94. The molecule has 26 heavy (non-hydrogen) atoms. The largest absolute Gasteiger partial charge is 0.479 e. The van der Waals surface area contributed by atoms with Gasteiger partial charge in [-0.05, 0) is 26.0 Å². The van der Waals surface area contributed by atoms with Gasteiger partial charge >= 0.3 is 11.7 Å². The number of aliphatic carboxylic acids is 1. The number of benzene rings is 1. The van der Waals surface area contributed by atoms with Crippen molar-refractivity contribution in [2.45, 2.75) is 25.9 Å². The van der Waals surface area contributed by atoms with Crippen molar-refractivity contribution in [1.82, 2.24) is 18.9 Å². The predicted molar refractivity (Wildman–Crippen MR) is 95.0 cm³/mol. The molecule has 0 atom stereocenters. The second-order valence-corrected chi connectivity index (χ2v) is 6.50. The molecule has 0 aliphatic rings. The van der Waals surface area contributed by atoms with E-state index in [1.54, 1.807) is 19.2 Å². The number of carbonyl (C=O) groups excluding carboxylic acids is 1. The van der Waals surface area contributed by atoms with Gasteiger partial charge in [-0.2, -0.15) is 5.10 Å². The van der Waals surface area contributed by atoms with E-state index in [9.17, 15) is 19.5 Å². The summed E-state index contributed by atoms with van der Waals surface area (Å²) in [6.45, 7) is 2.85. The van der Waals surface area contributed by atoms with E-state index >= 15 is 0 Å². The van der Waals surface area contributed by atoms with E-state index in [0.717, 1.165) is 5.52 Å². The summed E-state index contributed by atoms with van der Waals surface area (Å²) in [6.07, 6.45) is 2.81. The van der Waals surface area contributed by atoms with E-state index in [0.29, 0.717) is 11.2 Å². The molecule has 0 fully saturated rings. The first-order chi connectivity index (χ1) is 12.2. The summed E-state index contributed by atoms with van der Waals surface area (Å²) in [5, 5.41) is 15.9. The average Bonchev–Trinajstić information content (AvgIpc) is 3.15. The van der Waals surface area contributed by atoms with Crippen molar-refractivity contribution in [3.63, 3.8) is 0 Å². The zero-order valence-electron chi connectivity index (χ0n) is 14.6. The third-order valence-electron chi connectivity index (χ3n) is 4.32. The molecule has 0 spiro atoms. The minimum Gasteiger partial charge on any atom is -0.479 e. The van der Waals surface area contributed by atoms with Gasteiger partial charge in [0.25, 0.3) is 0 Å². The number of aryl methyl sites for hydroxylation is 1. The maximum absolute atomic E-state index is 12.4. The van der Waals surface area contributed by atoms with Crippen LogP contribution in [0.2, 0.25) is 0 Å². The summed E-state index contributed by atoms with van der Waals surface area (Å²) in [5.74, 6) is -1.45. The number of hydrogen-bond donors (Lipinski definition) is 2. The van der Waals surface area contributed by atoms with Crippen LogP contribution in [0.15, 0.2) is 41.5 Å². The number of imidazole rings is 1. The monoisotopic (exact) mass is 357 g/mol. The van der Waals surface area contributed by atoms with Crippen molar-refractivity contribution in [2.24, 2.45) is 7.05 Å². The molecule has 2 aromatic heterocycles. The SMILES string of the molecule is Cn1c(=O)n(CC(=O)Nc2cnn(C(C)(C)C(=O)O)c2)c2ccccc21. The highest BCUT2D eigenvalue weighted by molar-refractivity contribution is 5.91. The minimum atomic E-state index is -1.24. The molecule has 0 unspecified atom stereocenters. The van der Waals surface area contributed by atoms with Crippen molar-refractivity contribution in [1.29, 1.82) is 0 Å². The molecule has 0 bridgehead atoms. The topological polar surface area (TPSA) is 111 Å². The number of nitrogens with zero attached hydrogens (tertiary/aromatic N) is 4. The fourth-order valence-electron chi connectivity index (χ4n) is 2.65. The first kappa shape index (κ1) is 17.5. The number of carboxylic acid groups (broad SMARTS) is 1. The number of carbonyl (C=O) groups is 2. The Morgan fingerprint density at radius 2 is 1.88 bits per heavy atom. The highest BCUT2D eigenvalue weighted by Crippen LogP contribution is 2.17. The Morgan fingerprint density at radius 1 is 1.23 bits per heavy atom. The number of carboxylic acids is 1. The smallest absolute Gasteiger partial charge is 0.331 e. The molecule has 9 nitrogen and oxygen atoms in total. The van der Waals surface area contributed by atoms with Crippen LogP contribution in [0.4, 0.5) is 5.69 Å². The Morgan fingerprint density at radius 3 is 2.54 bits per heavy atom. The fraction of sp³-hybridized carbons (Fsp3) is 0.294. The third kappa shape index (κ3) is 2.87. The second kappa shape index (κ2) is 6.17. The second-order valence-electron chi connectivity index (χ2n) is 6.50. The van der Waals surface area contributed by atoms with E-state index in [4.69, 9.17) is 0 Å². The maximum Gasteiger partial charge on any atom is 0.331 e. The standard InChI is InChI=1S/C17H19N5O4/c1-17(2,15(24)25)22-9-11(8-18-22)19-14(23)10-21-13-7-5-4-6-12(13)20(3)16(21)26/h4-9H,10H2,1-3H3,(H,19,23)(H,24,25). The number of para-hydroxylation sites is 2. The van der Waals surface area contributed by atoms with Crippen molar-refractivity contribution in [3.8, 4) is 0 Å². The summed E-state index contributed by atoms with van der Waals surface area (Å²) in [6, 6.07) is 7.21. The quantitative estimate of drug-likeness (QED) is 0.707. The number of hydrogen-bond acceptors (Lipinski definition) is 4. The molecule has 136 valence electrons. The molecular formula is C17H19N5O4. The Labute approximate surface area is 148 Å². The molecule has 3 aromatic rings. The molecule has 0 aliphatic heterocycles. The van der Waals surface area contributed by atoms with Crippen LogP contribution in [0.3, 0.4) is 0 Å². The van der Waals surface area contributed by atoms with Crippen LogP contribution < -0.4 is 11.0 Å². The summed E-state index contributed by atoms with van der Waals surface area (Å²) in [4.78, 5) is 36.0. The lowest BCUT2D eigenvalue weighted by Crippen LogP contribution is -2.36. The molecular weight excluding hydrogens is 338 g/mol. The lowest BCUT2D eigenvalue weighted by molar-refractivity contribution is -0.146. The molecule has 3 rings (SSSR count). The molecule has 0 saturated carbocycles. The summed E-state index contributed by atoms with van der Waals surface area (Å²) < 4.78 is 4.13. The van der Waals surface area contributed by atoms with Crippen LogP contribution in [-0.2, 0) is 28.7 Å². The van der Waals surface area contributed by atoms with Crippen LogP contribution in [0.25, 0.3) is 11.0 Å². The van der Waals surface area contributed by atoms with Gasteiger partial charge in [-0.15, -0.1) is 0 Å². The molecule has 9 heteroatoms. The summed E-state index contributed by atoms with van der Waals surface area (Å²) in [7, 11) is 1.65. The number of nitrogens with one attached hydrogen (secondary N) is 1. The zero-order valence-corrected chi connectivity index (χ0v) is 14.6. The van der Waals surface area contributed by atoms with E-state index in [-0.39, 0.29) is 12.2 Å². The molecule has 0 aliphatic carbocycles. The average molecular weight is 357 g/mol. The van der Waals surface area contributed by atoms with Gasteiger partial charge in [-0.25, -0.2) is 9.59 Å². The van der Waals surface area contributed by atoms with Crippen molar-refractivity contribution < 1.29 is 14.7 Å². The summed E-state index contributed by atoms with van der Waals surface area (Å²) in [5.41, 5.74) is 0.232. The number of rotatable bonds is 5. The van der Waals surface area contributed by atoms with Gasteiger partial charge in [0.15, 0.2) is 5.54 Å². The normalized spacial score (nSPS) is 11.7. The Balaban J connectivity index is 1.81. The molecule has 0 radical (unpaired) electrons. The van der Waals surface area contributed by atoms with Crippen LogP contribution in [0, 0.1) is 0 Å². The van der Waals surface area contributed by atoms with Crippen molar-refractivity contribution in [2.75, 3.05) is 5.32 Å². The van der Waals surface area contributed by atoms with Gasteiger partial charge in [0.05, 0.1) is 22.9 Å². The van der Waals surface area contributed by atoms with E-state index < -0.39 is 17.4 Å². The highest BCUT2D eigenvalue weighted by Gasteiger charge is 2.30. The van der Waals surface area contributed by atoms with E-state index in [1.165, 1.54) is 40.1 Å². The van der Waals surface area contributed by atoms with Crippen molar-refractivity contribution in [3.05, 3.63) is 47.1 Å². The first-order valence-corrected chi connectivity index (χ1v) is 7.94. The Bertz CT molecular complexity index is 1060. The van der Waals surface area contributed by atoms with E-state index in [2.05, 4.69) is 10.4 Å². The minimum absolute atomic E-state index is 0.159. The van der Waals surface area contributed by atoms with Crippen LogP contribution in [0.5, 0.6) is 0 Å². The van der Waals surface area contributed by atoms with Gasteiger partial charge in [-0.1, -0.05) is 12.1 Å². The number of anilines is 1. The Hall–Kier alpha value is -3.36. The zero-order chi connectivity index (χ0) is 19.1.